The number of carboxylic acid groups (broad SMARTS) is 1. The quantitative estimate of drug-likeness (QED) is 0.746. The third-order valence-corrected chi connectivity index (χ3v) is 2.33. The summed E-state index contributed by atoms with van der Waals surface area (Å²) < 4.78 is 5.01. The van der Waals surface area contributed by atoms with Crippen LogP contribution in [0.1, 0.15) is 12.0 Å². The molecule has 0 aliphatic rings. The van der Waals surface area contributed by atoms with Crippen molar-refractivity contribution < 1.29 is 19.4 Å². The van der Waals surface area contributed by atoms with E-state index in [9.17, 15) is 9.59 Å². The first-order valence-corrected chi connectivity index (χ1v) is 5.33. The van der Waals surface area contributed by atoms with E-state index in [1.54, 1.807) is 19.2 Å². The minimum absolute atomic E-state index is 0.123. The Hall–Kier alpha value is -2.30. The molecule has 1 rings (SSSR count). The smallest absolute Gasteiger partial charge is 0.331 e. The number of nitrogens with one attached hydrogen (secondary N) is 1. The molecule has 0 unspecified atom stereocenters. The average Bonchev–Trinajstić information content (AvgIpc) is 2.36. The fourth-order valence-electron chi connectivity index (χ4n) is 1.28. The molecule has 96 valence electrons. The van der Waals surface area contributed by atoms with Crippen molar-refractivity contribution in [2.24, 2.45) is 0 Å². The number of carbonyl (C=O) groups is 2. The molecule has 0 spiro atoms. The number of carbonyl (C=O) groups excluding carboxylic acids is 1. The van der Waals surface area contributed by atoms with E-state index in [0.29, 0.717) is 6.54 Å². The molecule has 0 aliphatic carbocycles. The second kappa shape index (κ2) is 6.44. The van der Waals surface area contributed by atoms with Gasteiger partial charge in [0.15, 0.2) is 0 Å². The lowest BCUT2D eigenvalue weighted by atomic mass is 10.2. The number of carboxylic acids is 1. The first-order chi connectivity index (χ1) is 8.52. The fraction of sp³-hybridized carbons (Fsp3) is 0.231. The molecule has 0 aromatic heterocycles. The molecule has 0 atom stereocenters. The van der Waals surface area contributed by atoms with Gasteiger partial charge >= 0.3 is 5.97 Å². The normalized spacial score (nSPS) is 9.61. The molecular weight excluding hydrogens is 234 g/mol. The predicted molar refractivity (Wildman–Crippen MR) is 66.2 cm³/mol. The van der Waals surface area contributed by atoms with Crippen LogP contribution in [0.5, 0.6) is 5.75 Å². The molecule has 0 heterocycles. The third-order valence-electron chi connectivity index (χ3n) is 2.33. The van der Waals surface area contributed by atoms with Crippen LogP contribution in [0.4, 0.5) is 0 Å². The Morgan fingerprint density at radius 1 is 1.33 bits per heavy atom. The summed E-state index contributed by atoms with van der Waals surface area (Å²) in [5.41, 5.74) is 0.785. The summed E-state index contributed by atoms with van der Waals surface area (Å²) in [6, 6.07) is 7.23. The van der Waals surface area contributed by atoms with E-state index < -0.39 is 5.97 Å². The van der Waals surface area contributed by atoms with Gasteiger partial charge in [-0.15, -0.1) is 0 Å². The number of methoxy groups -OCH3 is 1. The molecule has 0 saturated carbocycles. The van der Waals surface area contributed by atoms with Crippen molar-refractivity contribution in [2.45, 2.75) is 13.0 Å². The van der Waals surface area contributed by atoms with E-state index in [0.717, 1.165) is 11.3 Å². The molecule has 2 N–H and O–H groups in total. The van der Waals surface area contributed by atoms with Gasteiger partial charge in [-0.05, 0) is 17.7 Å². The van der Waals surface area contributed by atoms with Crippen molar-refractivity contribution in [3.05, 3.63) is 42.0 Å². The zero-order valence-corrected chi connectivity index (χ0v) is 10.1. The molecule has 1 aromatic carbocycles. The molecule has 1 amide bonds. The third kappa shape index (κ3) is 4.29. The number of benzene rings is 1. The van der Waals surface area contributed by atoms with Crippen molar-refractivity contribution in [2.75, 3.05) is 7.11 Å². The molecule has 0 fully saturated rings. The average molecular weight is 249 g/mol. The van der Waals surface area contributed by atoms with Gasteiger partial charge < -0.3 is 15.2 Å². The number of hydrogen-bond donors (Lipinski definition) is 2. The lowest BCUT2D eigenvalue weighted by Gasteiger charge is -2.06. The lowest BCUT2D eigenvalue weighted by molar-refractivity contribution is -0.134. The number of rotatable bonds is 6. The van der Waals surface area contributed by atoms with E-state index >= 15 is 0 Å². The van der Waals surface area contributed by atoms with Crippen LogP contribution in [0.2, 0.25) is 0 Å². The highest BCUT2D eigenvalue weighted by Gasteiger charge is 2.09. The summed E-state index contributed by atoms with van der Waals surface area (Å²) in [6.07, 6.45) is -0.203. The molecule has 0 bridgehead atoms. The zero-order chi connectivity index (χ0) is 13.5. The highest BCUT2D eigenvalue weighted by molar-refractivity contribution is 5.93. The summed E-state index contributed by atoms with van der Waals surface area (Å²) in [7, 11) is 1.58. The summed E-state index contributed by atoms with van der Waals surface area (Å²) in [5, 5.41) is 11.2. The van der Waals surface area contributed by atoms with Crippen LogP contribution >= 0.6 is 0 Å². The Labute approximate surface area is 105 Å². The number of ether oxygens (including phenoxy) is 1. The van der Waals surface area contributed by atoms with Crippen molar-refractivity contribution in [1.29, 1.82) is 0 Å². The Kier molecular flexibility index (Phi) is 4.92. The van der Waals surface area contributed by atoms with E-state index in [2.05, 4.69) is 11.9 Å². The summed E-state index contributed by atoms with van der Waals surface area (Å²) >= 11 is 0. The Balaban J connectivity index is 2.42. The van der Waals surface area contributed by atoms with Gasteiger partial charge in [-0.1, -0.05) is 18.7 Å². The van der Waals surface area contributed by atoms with Gasteiger partial charge in [-0.2, -0.15) is 0 Å². The SMILES string of the molecule is C=C(CC(=O)NCc1ccc(OC)cc1)C(=O)O. The minimum Gasteiger partial charge on any atom is -0.497 e. The van der Waals surface area contributed by atoms with Crippen LogP contribution in [-0.4, -0.2) is 24.1 Å². The molecule has 0 saturated heterocycles. The van der Waals surface area contributed by atoms with Crippen molar-refractivity contribution in [3.8, 4) is 5.75 Å². The van der Waals surface area contributed by atoms with Gasteiger partial charge in [0.1, 0.15) is 5.75 Å². The van der Waals surface area contributed by atoms with Gasteiger partial charge in [0.05, 0.1) is 13.5 Å². The standard InChI is InChI=1S/C13H15NO4/c1-9(13(16)17)7-12(15)14-8-10-3-5-11(18-2)6-4-10/h3-6H,1,7-8H2,2H3,(H,14,15)(H,16,17). The maximum atomic E-state index is 11.4. The molecular formula is C13H15NO4. The van der Waals surface area contributed by atoms with Crippen molar-refractivity contribution >= 4 is 11.9 Å². The number of aliphatic carboxylic acids is 1. The van der Waals surface area contributed by atoms with Gasteiger partial charge in [0, 0.05) is 12.1 Å². The summed E-state index contributed by atoms with van der Waals surface area (Å²) in [5.74, 6) is -0.780. The second-order valence-electron chi connectivity index (χ2n) is 3.71. The van der Waals surface area contributed by atoms with E-state index in [4.69, 9.17) is 9.84 Å². The summed E-state index contributed by atoms with van der Waals surface area (Å²) in [6.45, 7) is 3.64. The molecule has 0 radical (unpaired) electrons. The van der Waals surface area contributed by atoms with Gasteiger partial charge in [-0.25, -0.2) is 4.79 Å². The Morgan fingerprint density at radius 3 is 2.44 bits per heavy atom. The Bertz CT molecular complexity index is 451. The van der Waals surface area contributed by atoms with Crippen LogP contribution in [0, 0.1) is 0 Å². The van der Waals surface area contributed by atoms with E-state index in [1.165, 1.54) is 0 Å². The highest BCUT2D eigenvalue weighted by atomic mass is 16.5. The largest absolute Gasteiger partial charge is 0.497 e. The lowest BCUT2D eigenvalue weighted by Crippen LogP contribution is -2.24. The van der Waals surface area contributed by atoms with Gasteiger partial charge in [-0.3, -0.25) is 4.79 Å². The van der Waals surface area contributed by atoms with Gasteiger partial charge in [0.2, 0.25) is 5.91 Å². The maximum absolute atomic E-state index is 11.4. The molecule has 1 aromatic rings. The summed E-state index contributed by atoms with van der Waals surface area (Å²) in [4.78, 5) is 21.9. The van der Waals surface area contributed by atoms with Crippen LogP contribution in [0.25, 0.3) is 0 Å². The first kappa shape index (κ1) is 13.8. The van der Waals surface area contributed by atoms with Gasteiger partial charge in [0.25, 0.3) is 0 Å². The van der Waals surface area contributed by atoms with Crippen LogP contribution in [0.3, 0.4) is 0 Å². The maximum Gasteiger partial charge on any atom is 0.331 e. The van der Waals surface area contributed by atoms with Crippen LogP contribution in [0.15, 0.2) is 36.4 Å². The topological polar surface area (TPSA) is 75.6 Å². The van der Waals surface area contributed by atoms with Crippen LogP contribution < -0.4 is 10.1 Å². The molecule has 18 heavy (non-hydrogen) atoms. The fourth-order valence-corrected chi connectivity index (χ4v) is 1.28. The highest BCUT2D eigenvalue weighted by Crippen LogP contribution is 2.11. The first-order valence-electron chi connectivity index (χ1n) is 5.33. The number of hydrogen-bond acceptors (Lipinski definition) is 3. The van der Waals surface area contributed by atoms with Crippen molar-refractivity contribution in [1.82, 2.24) is 5.32 Å². The van der Waals surface area contributed by atoms with E-state index in [1.807, 2.05) is 12.1 Å². The molecule has 5 nitrogen and oxygen atoms in total. The van der Waals surface area contributed by atoms with E-state index in [-0.39, 0.29) is 17.9 Å². The van der Waals surface area contributed by atoms with Crippen molar-refractivity contribution in [3.63, 3.8) is 0 Å². The van der Waals surface area contributed by atoms with Crippen LogP contribution in [-0.2, 0) is 16.1 Å². The molecule has 0 aliphatic heterocycles. The Morgan fingerprint density at radius 2 is 1.94 bits per heavy atom. The second-order valence-corrected chi connectivity index (χ2v) is 3.71. The number of amides is 1. The monoisotopic (exact) mass is 249 g/mol. The zero-order valence-electron chi connectivity index (χ0n) is 10.1. The minimum atomic E-state index is -1.16. The predicted octanol–water partition coefficient (Wildman–Crippen LogP) is 1.34. The molecule has 5 heteroatoms.